The second-order valence-corrected chi connectivity index (χ2v) is 4.47. The Hall–Kier alpha value is -0.930. The lowest BCUT2D eigenvalue weighted by molar-refractivity contribution is -0.0532. The molecule has 1 saturated carbocycles. The Kier molecular flexibility index (Phi) is 3.56. The van der Waals surface area contributed by atoms with Gasteiger partial charge >= 0.3 is 0 Å². The molecule has 1 aliphatic rings. The Balaban J connectivity index is 1.94. The van der Waals surface area contributed by atoms with Crippen molar-refractivity contribution in [2.75, 3.05) is 0 Å². The van der Waals surface area contributed by atoms with Crippen molar-refractivity contribution < 1.29 is 9.13 Å². The van der Waals surface area contributed by atoms with Crippen LogP contribution in [0.4, 0.5) is 4.39 Å². The molecule has 1 aromatic carbocycles. The van der Waals surface area contributed by atoms with E-state index in [1.54, 1.807) is 12.1 Å². The largest absolute Gasteiger partial charge is 0.373 e. The van der Waals surface area contributed by atoms with Gasteiger partial charge in [-0.15, -0.1) is 0 Å². The molecule has 2 rings (SSSR count). The summed E-state index contributed by atoms with van der Waals surface area (Å²) >= 11 is 0. The summed E-state index contributed by atoms with van der Waals surface area (Å²) in [5.74, 6) is -0.233. The van der Waals surface area contributed by atoms with Gasteiger partial charge in [0.25, 0.3) is 0 Å². The second-order valence-electron chi connectivity index (χ2n) is 4.47. The summed E-state index contributed by atoms with van der Waals surface area (Å²) in [6, 6.07) is 6.14. The molecule has 1 fully saturated rings. The molecule has 0 amide bonds. The fraction of sp³-hybridized carbons (Fsp3) is 0.538. The summed E-state index contributed by atoms with van der Waals surface area (Å²) in [7, 11) is 0. The van der Waals surface area contributed by atoms with Crippen LogP contribution in [0.2, 0.25) is 0 Å². The number of rotatable bonds is 4. The number of hydrogen-bond donors (Lipinski definition) is 1. The Morgan fingerprint density at radius 1 is 1.31 bits per heavy atom. The van der Waals surface area contributed by atoms with Gasteiger partial charge in [0.1, 0.15) is 5.82 Å². The van der Waals surface area contributed by atoms with E-state index >= 15 is 0 Å². The predicted octanol–water partition coefficient (Wildman–Crippen LogP) is 2.78. The van der Waals surface area contributed by atoms with Crippen LogP contribution >= 0.6 is 0 Å². The van der Waals surface area contributed by atoms with Crippen molar-refractivity contribution in [3.05, 3.63) is 35.6 Å². The maximum atomic E-state index is 12.8. The first kappa shape index (κ1) is 11.6. The average Bonchev–Trinajstić information content (AvgIpc) is 2.23. The van der Waals surface area contributed by atoms with Crippen LogP contribution in [-0.2, 0) is 4.74 Å². The van der Waals surface area contributed by atoms with E-state index in [1.165, 1.54) is 18.6 Å². The van der Waals surface area contributed by atoms with Crippen LogP contribution < -0.4 is 5.73 Å². The lowest BCUT2D eigenvalue weighted by atomic mass is 9.95. The molecule has 16 heavy (non-hydrogen) atoms. The molecule has 1 aromatic rings. The number of ether oxygens (including phenoxy) is 1. The summed E-state index contributed by atoms with van der Waals surface area (Å²) in [4.78, 5) is 0. The molecular weight excluding hydrogens is 205 g/mol. The van der Waals surface area contributed by atoms with E-state index in [-0.39, 0.29) is 18.0 Å². The van der Waals surface area contributed by atoms with Crippen LogP contribution in [0.15, 0.2) is 24.3 Å². The Morgan fingerprint density at radius 2 is 1.94 bits per heavy atom. The number of hydrogen-bond acceptors (Lipinski definition) is 2. The fourth-order valence-corrected chi connectivity index (χ4v) is 1.85. The number of benzene rings is 1. The molecule has 2 unspecified atom stereocenters. The molecular formula is C13H18FNO. The van der Waals surface area contributed by atoms with E-state index < -0.39 is 0 Å². The predicted molar refractivity (Wildman–Crippen MR) is 61.5 cm³/mol. The van der Waals surface area contributed by atoms with Crippen molar-refractivity contribution >= 4 is 0 Å². The van der Waals surface area contributed by atoms with Crippen LogP contribution in [0.1, 0.15) is 37.8 Å². The van der Waals surface area contributed by atoms with Gasteiger partial charge in [0.2, 0.25) is 0 Å². The molecule has 0 saturated heterocycles. The van der Waals surface area contributed by atoms with Gasteiger partial charge in [-0.2, -0.15) is 0 Å². The second kappa shape index (κ2) is 4.93. The van der Waals surface area contributed by atoms with Crippen molar-refractivity contribution in [3.63, 3.8) is 0 Å². The smallest absolute Gasteiger partial charge is 0.123 e. The van der Waals surface area contributed by atoms with Crippen LogP contribution in [0, 0.1) is 5.82 Å². The van der Waals surface area contributed by atoms with Gasteiger partial charge in [-0.25, -0.2) is 4.39 Å². The third-order valence-electron chi connectivity index (χ3n) is 3.22. The Morgan fingerprint density at radius 3 is 2.44 bits per heavy atom. The minimum absolute atomic E-state index is 0.0178. The quantitative estimate of drug-likeness (QED) is 0.851. The highest BCUT2D eigenvalue weighted by Gasteiger charge is 2.24. The van der Waals surface area contributed by atoms with Gasteiger partial charge in [-0.05, 0) is 43.9 Å². The van der Waals surface area contributed by atoms with Crippen molar-refractivity contribution in [2.24, 2.45) is 5.73 Å². The maximum Gasteiger partial charge on any atom is 0.123 e. The molecule has 0 bridgehead atoms. The van der Waals surface area contributed by atoms with Gasteiger partial charge in [0.15, 0.2) is 0 Å². The Labute approximate surface area is 95.6 Å². The van der Waals surface area contributed by atoms with Crippen molar-refractivity contribution in [2.45, 2.75) is 44.4 Å². The van der Waals surface area contributed by atoms with Gasteiger partial charge < -0.3 is 10.5 Å². The molecule has 0 heterocycles. The zero-order valence-corrected chi connectivity index (χ0v) is 9.53. The van der Waals surface area contributed by atoms with Crippen LogP contribution in [-0.4, -0.2) is 12.2 Å². The lowest BCUT2D eigenvalue weighted by Gasteiger charge is -2.31. The van der Waals surface area contributed by atoms with E-state index in [4.69, 9.17) is 10.5 Å². The van der Waals surface area contributed by atoms with E-state index in [2.05, 4.69) is 0 Å². The van der Waals surface area contributed by atoms with Crippen LogP contribution in [0.3, 0.4) is 0 Å². The van der Waals surface area contributed by atoms with E-state index in [0.29, 0.717) is 6.10 Å². The highest BCUT2D eigenvalue weighted by atomic mass is 19.1. The summed E-state index contributed by atoms with van der Waals surface area (Å²) in [5.41, 5.74) is 6.99. The third kappa shape index (κ3) is 2.60. The fourth-order valence-electron chi connectivity index (χ4n) is 1.85. The molecule has 0 aliphatic heterocycles. The summed E-state index contributed by atoms with van der Waals surface area (Å²) in [5, 5.41) is 0. The normalized spacial score (nSPS) is 20.2. The first-order valence-corrected chi connectivity index (χ1v) is 5.83. The van der Waals surface area contributed by atoms with Crippen molar-refractivity contribution in [3.8, 4) is 0 Å². The van der Waals surface area contributed by atoms with E-state index in [9.17, 15) is 4.39 Å². The molecule has 3 heteroatoms. The number of halogens is 1. The molecule has 2 atom stereocenters. The molecule has 2 nitrogen and oxygen atoms in total. The zero-order valence-electron chi connectivity index (χ0n) is 9.53. The molecule has 1 aliphatic carbocycles. The summed E-state index contributed by atoms with van der Waals surface area (Å²) < 4.78 is 18.6. The van der Waals surface area contributed by atoms with Crippen LogP contribution in [0.25, 0.3) is 0 Å². The monoisotopic (exact) mass is 223 g/mol. The van der Waals surface area contributed by atoms with Gasteiger partial charge in [-0.3, -0.25) is 0 Å². The van der Waals surface area contributed by atoms with Crippen molar-refractivity contribution in [1.82, 2.24) is 0 Å². The van der Waals surface area contributed by atoms with Gasteiger partial charge in [0.05, 0.1) is 18.2 Å². The third-order valence-corrected chi connectivity index (χ3v) is 3.22. The van der Waals surface area contributed by atoms with Gasteiger partial charge in [-0.1, -0.05) is 12.1 Å². The molecule has 0 spiro atoms. The molecule has 0 radical (unpaired) electrons. The lowest BCUT2D eigenvalue weighted by Crippen LogP contribution is -2.33. The molecule has 88 valence electrons. The topological polar surface area (TPSA) is 35.2 Å². The standard InChI is InChI=1S/C13H18FNO/c1-9(16-12-3-2-4-12)13(15)10-5-7-11(14)8-6-10/h5-9,12-13H,2-4,15H2,1H3. The highest BCUT2D eigenvalue weighted by Crippen LogP contribution is 2.26. The van der Waals surface area contributed by atoms with E-state index in [1.807, 2.05) is 6.92 Å². The minimum atomic E-state index is -0.233. The van der Waals surface area contributed by atoms with Crippen molar-refractivity contribution in [1.29, 1.82) is 0 Å². The highest BCUT2D eigenvalue weighted by molar-refractivity contribution is 5.20. The average molecular weight is 223 g/mol. The summed E-state index contributed by atoms with van der Waals surface area (Å²) in [6.45, 7) is 1.98. The SMILES string of the molecule is CC(OC1CCC1)C(N)c1ccc(F)cc1. The Bertz CT molecular complexity index is 334. The van der Waals surface area contributed by atoms with Gasteiger partial charge in [0, 0.05) is 0 Å². The first-order chi connectivity index (χ1) is 7.66. The maximum absolute atomic E-state index is 12.8. The minimum Gasteiger partial charge on any atom is -0.373 e. The molecule has 0 aromatic heterocycles. The summed E-state index contributed by atoms with van der Waals surface area (Å²) in [6.07, 6.45) is 3.89. The van der Waals surface area contributed by atoms with Crippen LogP contribution in [0.5, 0.6) is 0 Å². The zero-order chi connectivity index (χ0) is 11.5. The molecule has 2 N–H and O–H groups in total. The van der Waals surface area contributed by atoms with E-state index in [0.717, 1.165) is 18.4 Å². The number of nitrogens with two attached hydrogens (primary N) is 1. The first-order valence-electron chi connectivity index (χ1n) is 5.83.